The minimum atomic E-state index is -0.177. The number of nitrogens with one attached hydrogen (secondary N) is 1. The summed E-state index contributed by atoms with van der Waals surface area (Å²) in [6.07, 6.45) is 5.35. The molecule has 0 unspecified atom stereocenters. The number of carbonyl (C=O) groups is 2. The normalized spacial score (nSPS) is 15.0. The monoisotopic (exact) mass is 318 g/mol. The van der Waals surface area contributed by atoms with Crippen LogP contribution in [0.15, 0.2) is 24.3 Å². The van der Waals surface area contributed by atoms with Crippen molar-refractivity contribution < 1.29 is 14.3 Å². The maximum atomic E-state index is 12.5. The van der Waals surface area contributed by atoms with Crippen LogP contribution < -0.4 is 10.1 Å². The molecule has 0 saturated heterocycles. The van der Waals surface area contributed by atoms with Crippen molar-refractivity contribution >= 4 is 17.5 Å². The summed E-state index contributed by atoms with van der Waals surface area (Å²) in [5, 5.41) is 2.83. The van der Waals surface area contributed by atoms with Gasteiger partial charge in [0.1, 0.15) is 5.75 Å². The van der Waals surface area contributed by atoms with Crippen LogP contribution in [0.5, 0.6) is 5.75 Å². The number of methoxy groups -OCH3 is 1. The second-order valence-electron chi connectivity index (χ2n) is 5.97. The standard InChI is InChI=1S/C18H26N2O3/c1-3-20(18(22)14-8-5-4-6-9-14)13-17(21)19-15-10-7-11-16(12-15)23-2/h7,10-12,14H,3-6,8-9,13H2,1-2H3,(H,19,21). The Morgan fingerprint density at radius 2 is 2.00 bits per heavy atom. The minimum absolute atomic E-state index is 0.0910. The van der Waals surface area contributed by atoms with Gasteiger partial charge in [-0.05, 0) is 31.9 Å². The molecule has 126 valence electrons. The van der Waals surface area contributed by atoms with Gasteiger partial charge in [0, 0.05) is 24.2 Å². The van der Waals surface area contributed by atoms with Crippen molar-refractivity contribution in [1.29, 1.82) is 0 Å². The fourth-order valence-corrected chi connectivity index (χ4v) is 3.03. The molecule has 1 N–H and O–H groups in total. The molecule has 0 heterocycles. The van der Waals surface area contributed by atoms with Crippen molar-refractivity contribution in [1.82, 2.24) is 4.90 Å². The predicted molar refractivity (Wildman–Crippen MR) is 90.5 cm³/mol. The second-order valence-corrected chi connectivity index (χ2v) is 5.97. The van der Waals surface area contributed by atoms with Crippen LogP contribution in [-0.2, 0) is 9.59 Å². The molecule has 0 bridgehead atoms. The van der Waals surface area contributed by atoms with Crippen LogP contribution in [0.3, 0.4) is 0 Å². The smallest absolute Gasteiger partial charge is 0.243 e. The third-order valence-corrected chi connectivity index (χ3v) is 4.34. The molecule has 0 atom stereocenters. The third-order valence-electron chi connectivity index (χ3n) is 4.34. The number of hydrogen-bond donors (Lipinski definition) is 1. The number of amides is 2. The lowest BCUT2D eigenvalue weighted by molar-refractivity contribution is -0.139. The highest BCUT2D eigenvalue weighted by Crippen LogP contribution is 2.25. The van der Waals surface area contributed by atoms with Crippen LogP contribution in [0.1, 0.15) is 39.0 Å². The van der Waals surface area contributed by atoms with E-state index in [1.807, 2.05) is 19.1 Å². The number of hydrogen-bond acceptors (Lipinski definition) is 3. The fourth-order valence-electron chi connectivity index (χ4n) is 3.03. The minimum Gasteiger partial charge on any atom is -0.497 e. The largest absolute Gasteiger partial charge is 0.497 e. The number of nitrogens with zero attached hydrogens (tertiary/aromatic N) is 1. The van der Waals surface area contributed by atoms with Crippen LogP contribution in [0.4, 0.5) is 5.69 Å². The van der Waals surface area contributed by atoms with E-state index >= 15 is 0 Å². The van der Waals surface area contributed by atoms with Gasteiger partial charge in [-0.15, -0.1) is 0 Å². The van der Waals surface area contributed by atoms with Gasteiger partial charge in [-0.25, -0.2) is 0 Å². The number of ether oxygens (including phenoxy) is 1. The van der Waals surface area contributed by atoms with E-state index in [-0.39, 0.29) is 24.3 Å². The molecule has 1 aliphatic carbocycles. The first kappa shape index (κ1) is 17.3. The third kappa shape index (κ3) is 4.98. The zero-order chi connectivity index (χ0) is 16.7. The highest BCUT2D eigenvalue weighted by Gasteiger charge is 2.26. The van der Waals surface area contributed by atoms with Gasteiger partial charge in [0.2, 0.25) is 11.8 Å². The quantitative estimate of drug-likeness (QED) is 0.877. The van der Waals surface area contributed by atoms with E-state index in [0.717, 1.165) is 25.7 Å². The fraction of sp³-hybridized carbons (Fsp3) is 0.556. The molecule has 0 spiro atoms. The molecular formula is C18H26N2O3. The number of rotatable bonds is 6. The van der Waals surface area contributed by atoms with E-state index in [1.165, 1.54) is 6.42 Å². The molecule has 1 fully saturated rings. The molecule has 23 heavy (non-hydrogen) atoms. The van der Waals surface area contributed by atoms with Crippen LogP contribution in [0, 0.1) is 5.92 Å². The van der Waals surface area contributed by atoms with Gasteiger partial charge < -0.3 is 15.0 Å². The SMILES string of the molecule is CCN(CC(=O)Nc1cccc(OC)c1)C(=O)C1CCCCC1. The van der Waals surface area contributed by atoms with E-state index in [4.69, 9.17) is 4.74 Å². The van der Waals surface area contributed by atoms with Crippen molar-refractivity contribution in [2.24, 2.45) is 5.92 Å². The molecule has 1 aromatic rings. The van der Waals surface area contributed by atoms with Crippen molar-refractivity contribution in [3.05, 3.63) is 24.3 Å². The Balaban J connectivity index is 1.92. The van der Waals surface area contributed by atoms with Gasteiger partial charge >= 0.3 is 0 Å². The molecule has 2 rings (SSSR count). The highest BCUT2D eigenvalue weighted by atomic mass is 16.5. The van der Waals surface area contributed by atoms with Gasteiger partial charge in [0.05, 0.1) is 13.7 Å². The second kappa shape index (κ2) is 8.56. The summed E-state index contributed by atoms with van der Waals surface area (Å²) >= 11 is 0. The number of benzene rings is 1. The molecule has 0 aliphatic heterocycles. The molecule has 0 radical (unpaired) electrons. The zero-order valence-corrected chi connectivity index (χ0v) is 14.0. The first-order chi connectivity index (χ1) is 11.1. The first-order valence-electron chi connectivity index (χ1n) is 8.36. The van der Waals surface area contributed by atoms with Crippen LogP contribution in [0.25, 0.3) is 0 Å². The lowest BCUT2D eigenvalue weighted by Gasteiger charge is -2.28. The Morgan fingerprint density at radius 3 is 2.65 bits per heavy atom. The first-order valence-corrected chi connectivity index (χ1v) is 8.36. The van der Waals surface area contributed by atoms with Gasteiger partial charge in [-0.3, -0.25) is 9.59 Å². The summed E-state index contributed by atoms with van der Waals surface area (Å²) in [5.41, 5.74) is 0.676. The zero-order valence-electron chi connectivity index (χ0n) is 14.0. The summed E-state index contributed by atoms with van der Waals surface area (Å²) in [4.78, 5) is 26.4. The number of likely N-dealkylation sites (N-methyl/N-ethyl adjacent to an activating group) is 1. The molecule has 1 saturated carbocycles. The molecule has 0 aromatic heterocycles. The van der Waals surface area contributed by atoms with Gasteiger partial charge in [-0.1, -0.05) is 25.3 Å². The molecule has 1 aliphatic rings. The molecular weight excluding hydrogens is 292 g/mol. The van der Waals surface area contributed by atoms with Crippen molar-refractivity contribution in [3.8, 4) is 5.75 Å². The Kier molecular flexibility index (Phi) is 6.44. The Hall–Kier alpha value is -2.04. The van der Waals surface area contributed by atoms with Gasteiger partial charge in [-0.2, -0.15) is 0 Å². The van der Waals surface area contributed by atoms with Gasteiger partial charge in [0.15, 0.2) is 0 Å². The maximum Gasteiger partial charge on any atom is 0.243 e. The van der Waals surface area contributed by atoms with E-state index < -0.39 is 0 Å². The van der Waals surface area contributed by atoms with Gasteiger partial charge in [0.25, 0.3) is 0 Å². The summed E-state index contributed by atoms with van der Waals surface area (Å²) < 4.78 is 5.14. The average Bonchev–Trinajstić information content (AvgIpc) is 2.60. The molecule has 5 nitrogen and oxygen atoms in total. The van der Waals surface area contributed by atoms with Crippen molar-refractivity contribution in [3.63, 3.8) is 0 Å². The maximum absolute atomic E-state index is 12.5. The van der Waals surface area contributed by atoms with Crippen LogP contribution in [-0.4, -0.2) is 36.9 Å². The highest BCUT2D eigenvalue weighted by molar-refractivity contribution is 5.95. The molecule has 1 aromatic carbocycles. The number of carbonyl (C=O) groups excluding carboxylic acids is 2. The van der Waals surface area contributed by atoms with Crippen LogP contribution >= 0.6 is 0 Å². The predicted octanol–water partition coefficient (Wildman–Crippen LogP) is 3.06. The van der Waals surface area contributed by atoms with Crippen molar-refractivity contribution in [2.75, 3.05) is 25.5 Å². The summed E-state index contributed by atoms with van der Waals surface area (Å²) in [6, 6.07) is 7.20. The van der Waals surface area contributed by atoms with E-state index in [1.54, 1.807) is 24.1 Å². The molecule has 2 amide bonds. The lowest BCUT2D eigenvalue weighted by Crippen LogP contribution is -2.41. The average molecular weight is 318 g/mol. The summed E-state index contributed by atoms with van der Waals surface area (Å²) in [5.74, 6) is 0.721. The summed E-state index contributed by atoms with van der Waals surface area (Å²) in [7, 11) is 1.59. The van der Waals surface area contributed by atoms with Crippen molar-refractivity contribution in [2.45, 2.75) is 39.0 Å². The Morgan fingerprint density at radius 1 is 1.26 bits per heavy atom. The van der Waals surface area contributed by atoms with E-state index in [0.29, 0.717) is 18.0 Å². The van der Waals surface area contributed by atoms with E-state index in [2.05, 4.69) is 5.32 Å². The molecule has 5 heteroatoms. The summed E-state index contributed by atoms with van der Waals surface area (Å²) in [6.45, 7) is 2.57. The van der Waals surface area contributed by atoms with E-state index in [9.17, 15) is 9.59 Å². The Bertz CT molecular complexity index is 539. The number of anilines is 1. The Labute approximate surface area is 138 Å². The van der Waals surface area contributed by atoms with Crippen LogP contribution in [0.2, 0.25) is 0 Å². The lowest BCUT2D eigenvalue weighted by atomic mass is 9.88. The topological polar surface area (TPSA) is 58.6 Å².